The zero-order valence-electron chi connectivity index (χ0n) is 24.9. The van der Waals surface area contributed by atoms with Crippen LogP contribution in [0.15, 0.2) is 114 Å². The number of nitrogens with zero attached hydrogens (tertiary/aromatic N) is 4. The van der Waals surface area contributed by atoms with E-state index >= 15 is 0 Å². The van der Waals surface area contributed by atoms with E-state index in [1.54, 1.807) is 0 Å². The van der Waals surface area contributed by atoms with Gasteiger partial charge >= 0.3 is 0 Å². The Labute approximate surface area is 250 Å². The van der Waals surface area contributed by atoms with E-state index < -0.39 is 0 Å². The predicted molar refractivity (Wildman–Crippen MR) is 174 cm³/mol. The molecule has 1 aliphatic rings. The normalized spacial score (nSPS) is 14.3. The molecule has 0 saturated heterocycles. The summed E-state index contributed by atoms with van der Waals surface area (Å²) in [5.41, 5.74) is 6.42. The molecular weight excluding hydrogens is 518 g/mol. The van der Waals surface area contributed by atoms with Crippen molar-refractivity contribution >= 4 is 23.2 Å². The maximum atomic E-state index is 13.5. The van der Waals surface area contributed by atoms with E-state index in [4.69, 9.17) is 4.99 Å². The zero-order valence-corrected chi connectivity index (χ0v) is 24.9. The highest BCUT2D eigenvalue weighted by atomic mass is 16.1. The fourth-order valence-corrected chi connectivity index (χ4v) is 5.44. The summed E-state index contributed by atoms with van der Waals surface area (Å²) in [5, 5.41) is 3.15. The van der Waals surface area contributed by atoms with Crippen molar-refractivity contribution in [2.45, 2.75) is 31.8 Å². The number of carbonyl (C=O) groups is 1. The molecule has 1 atom stereocenters. The highest BCUT2D eigenvalue weighted by Crippen LogP contribution is 2.40. The molecule has 0 saturated carbocycles. The zero-order chi connectivity index (χ0) is 29.3. The van der Waals surface area contributed by atoms with E-state index in [2.05, 4.69) is 102 Å². The summed E-state index contributed by atoms with van der Waals surface area (Å²) in [5.74, 6) is 0.881. The summed E-state index contributed by atoms with van der Waals surface area (Å²) >= 11 is 0. The molecule has 1 amide bonds. The van der Waals surface area contributed by atoms with Crippen LogP contribution in [-0.4, -0.2) is 55.9 Å². The Bertz CT molecular complexity index is 1470. The largest absolute Gasteiger partial charge is 0.352 e. The highest BCUT2D eigenvalue weighted by molar-refractivity contribution is 6.01. The maximum absolute atomic E-state index is 13.5. The number of amides is 1. The minimum Gasteiger partial charge on any atom is -0.352 e. The SMILES string of the molecule is CN(C)CCCCN(C)C1=Nc2ccccc2C(CC(=O)NCc2ccccc2)N1c1ccc(-c2ccccc2)cc1. The lowest BCUT2D eigenvalue weighted by Gasteiger charge is -2.41. The fourth-order valence-electron chi connectivity index (χ4n) is 5.44. The Morgan fingerprint density at radius 2 is 1.38 bits per heavy atom. The summed E-state index contributed by atoms with van der Waals surface area (Å²) in [6, 6.07) is 37.1. The van der Waals surface area contributed by atoms with Gasteiger partial charge in [0.1, 0.15) is 0 Å². The second kappa shape index (κ2) is 14.0. The van der Waals surface area contributed by atoms with Gasteiger partial charge in [0.2, 0.25) is 11.9 Å². The lowest BCUT2D eigenvalue weighted by atomic mass is 9.96. The van der Waals surface area contributed by atoms with Crippen molar-refractivity contribution < 1.29 is 4.79 Å². The van der Waals surface area contributed by atoms with Gasteiger partial charge in [-0.15, -0.1) is 0 Å². The summed E-state index contributed by atoms with van der Waals surface area (Å²) in [7, 11) is 6.33. The molecule has 6 heteroatoms. The van der Waals surface area contributed by atoms with Crippen LogP contribution in [0.25, 0.3) is 11.1 Å². The number of anilines is 1. The second-order valence-electron chi connectivity index (χ2n) is 11.2. The number of rotatable bonds is 11. The molecule has 5 rings (SSSR count). The molecule has 4 aromatic carbocycles. The van der Waals surface area contributed by atoms with Crippen LogP contribution in [0, 0.1) is 0 Å². The molecule has 0 aromatic heterocycles. The molecule has 1 heterocycles. The van der Waals surface area contributed by atoms with Gasteiger partial charge in [-0.1, -0.05) is 91.0 Å². The second-order valence-corrected chi connectivity index (χ2v) is 11.2. The third-order valence-corrected chi connectivity index (χ3v) is 7.70. The molecule has 0 radical (unpaired) electrons. The van der Waals surface area contributed by atoms with Crippen molar-refractivity contribution in [3.63, 3.8) is 0 Å². The van der Waals surface area contributed by atoms with E-state index in [-0.39, 0.29) is 11.9 Å². The summed E-state index contributed by atoms with van der Waals surface area (Å²) in [4.78, 5) is 25.4. The number of carbonyl (C=O) groups excluding carboxylic acids is 1. The van der Waals surface area contributed by atoms with E-state index in [0.717, 1.165) is 60.0 Å². The molecule has 4 aromatic rings. The number of nitrogens with one attached hydrogen (secondary N) is 1. The molecule has 0 spiro atoms. The van der Waals surface area contributed by atoms with Gasteiger partial charge < -0.3 is 20.0 Å². The van der Waals surface area contributed by atoms with Crippen LogP contribution in [-0.2, 0) is 11.3 Å². The topological polar surface area (TPSA) is 51.2 Å². The number of para-hydroxylation sites is 1. The lowest BCUT2D eigenvalue weighted by Crippen LogP contribution is -2.47. The van der Waals surface area contributed by atoms with E-state index in [1.165, 1.54) is 5.56 Å². The van der Waals surface area contributed by atoms with Crippen LogP contribution in [0.3, 0.4) is 0 Å². The first-order valence-corrected chi connectivity index (χ1v) is 14.8. The van der Waals surface area contributed by atoms with Crippen LogP contribution in [0.1, 0.15) is 36.4 Å². The molecule has 216 valence electrons. The first-order valence-electron chi connectivity index (χ1n) is 14.8. The average molecular weight is 560 g/mol. The van der Waals surface area contributed by atoms with Crippen molar-refractivity contribution in [2.75, 3.05) is 39.1 Å². The molecule has 0 aliphatic carbocycles. The van der Waals surface area contributed by atoms with Crippen LogP contribution in [0.5, 0.6) is 0 Å². The van der Waals surface area contributed by atoms with Crippen molar-refractivity contribution in [3.8, 4) is 11.1 Å². The van der Waals surface area contributed by atoms with E-state index in [1.807, 2.05) is 48.5 Å². The van der Waals surface area contributed by atoms with Crippen molar-refractivity contribution in [2.24, 2.45) is 4.99 Å². The van der Waals surface area contributed by atoms with Crippen LogP contribution in [0.2, 0.25) is 0 Å². The van der Waals surface area contributed by atoms with Crippen LogP contribution < -0.4 is 10.2 Å². The number of hydrogen-bond acceptors (Lipinski definition) is 5. The van der Waals surface area contributed by atoms with Crippen LogP contribution >= 0.6 is 0 Å². The number of unbranched alkanes of at least 4 members (excludes halogenated alkanes) is 1. The molecule has 42 heavy (non-hydrogen) atoms. The molecule has 1 unspecified atom stereocenters. The number of fused-ring (bicyclic) bond motifs is 1. The molecule has 1 N–H and O–H groups in total. The molecule has 0 fully saturated rings. The Hall–Kier alpha value is -4.42. The Morgan fingerprint density at radius 3 is 2.10 bits per heavy atom. The van der Waals surface area contributed by atoms with Gasteiger partial charge in [0, 0.05) is 31.4 Å². The molecule has 6 nitrogen and oxygen atoms in total. The quantitative estimate of drug-likeness (QED) is 0.204. The van der Waals surface area contributed by atoms with Gasteiger partial charge in [-0.3, -0.25) is 4.79 Å². The number of hydrogen-bond donors (Lipinski definition) is 1. The van der Waals surface area contributed by atoms with Gasteiger partial charge in [0.15, 0.2) is 0 Å². The Balaban J connectivity index is 1.46. The standard InChI is InChI=1S/C36H41N5O/c1-39(2)24-12-13-25-40(3)36-38-33-19-11-10-18-32(33)34(26-35(42)37-27-28-14-6-4-7-15-28)41(36)31-22-20-30(21-23-31)29-16-8-5-9-17-29/h4-11,14-23,34H,12-13,24-27H2,1-3H3,(H,37,42). The smallest absolute Gasteiger partial charge is 0.222 e. The maximum Gasteiger partial charge on any atom is 0.222 e. The third kappa shape index (κ3) is 7.25. The number of guanidine groups is 1. The fraction of sp³-hybridized carbons (Fsp3) is 0.278. The first-order chi connectivity index (χ1) is 20.5. The first kappa shape index (κ1) is 29.1. The third-order valence-electron chi connectivity index (χ3n) is 7.70. The highest BCUT2D eigenvalue weighted by Gasteiger charge is 2.34. The average Bonchev–Trinajstić information content (AvgIpc) is 3.03. The van der Waals surface area contributed by atoms with Crippen molar-refractivity contribution in [1.29, 1.82) is 0 Å². The van der Waals surface area contributed by atoms with E-state index in [0.29, 0.717) is 13.0 Å². The van der Waals surface area contributed by atoms with Crippen LogP contribution in [0.4, 0.5) is 11.4 Å². The number of aliphatic imine (C=N–C) groups is 1. The van der Waals surface area contributed by atoms with Crippen molar-refractivity contribution in [1.82, 2.24) is 15.1 Å². The predicted octanol–water partition coefficient (Wildman–Crippen LogP) is 6.88. The van der Waals surface area contributed by atoms with Gasteiger partial charge in [-0.2, -0.15) is 0 Å². The van der Waals surface area contributed by atoms with Gasteiger partial charge in [0.25, 0.3) is 0 Å². The van der Waals surface area contributed by atoms with Gasteiger partial charge in [-0.05, 0) is 68.4 Å². The summed E-state index contributed by atoms with van der Waals surface area (Å²) in [6.45, 7) is 2.44. The Kier molecular flexibility index (Phi) is 9.67. The van der Waals surface area contributed by atoms with Crippen molar-refractivity contribution in [3.05, 3.63) is 120 Å². The number of benzene rings is 4. The minimum absolute atomic E-state index is 0.0134. The van der Waals surface area contributed by atoms with Gasteiger partial charge in [0.05, 0.1) is 18.2 Å². The Morgan fingerprint density at radius 1 is 0.762 bits per heavy atom. The monoisotopic (exact) mass is 559 g/mol. The summed E-state index contributed by atoms with van der Waals surface area (Å²) < 4.78 is 0. The van der Waals surface area contributed by atoms with E-state index in [9.17, 15) is 4.79 Å². The van der Waals surface area contributed by atoms with Gasteiger partial charge in [-0.25, -0.2) is 4.99 Å². The molecular formula is C36H41N5O. The minimum atomic E-state index is -0.198. The molecule has 1 aliphatic heterocycles. The molecule has 0 bridgehead atoms. The lowest BCUT2D eigenvalue weighted by molar-refractivity contribution is -0.121. The summed E-state index contributed by atoms with van der Waals surface area (Å²) in [6.07, 6.45) is 2.48.